The van der Waals surface area contributed by atoms with Crippen molar-refractivity contribution < 1.29 is 9.53 Å². The molecule has 2 aromatic heterocycles. The number of hydrogen-bond donors (Lipinski definition) is 0. The molecule has 0 saturated carbocycles. The van der Waals surface area contributed by atoms with Gasteiger partial charge in [0.1, 0.15) is 5.75 Å². The third-order valence-corrected chi connectivity index (χ3v) is 4.63. The van der Waals surface area contributed by atoms with Gasteiger partial charge in [-0.1, -0.05) is 13.8 Å². The number of methoxy groups -OCH3 is 1. The predicted octanol–water partition coefficient (Wildman–Crippen LogP) is 3.57. The SMILES string of the molecule is COc1cc2ncc(N(C)C(=O)C(C)C)c(C)c2cc1-c1cnn(C)c1. The van der Waals surface area contributed by atoms with Crippen LogP contribution in [0.5, 0.6) is 5.75 Å². The number of amides is 1. The van der Waals surface area contributed by atoms with E-state index >= 15 is 0 Å². The Hall–Kier alpha value is -2.89. The van der Waals surface area contributed by atoms with E-state index in [-0.39, 0.29) is 11.8 Å². The number of nitrogens with zero attached hydrogens (tertiary/aromatic N) is 4. The van der Waals surface area contributed by atoms with Gasteiger partial charge in [0.2, 0.25) is 5.91 Å². The highest BCUT2D eigenvalue weighted by Crippen LogP contribution is 2.36. The predicted molar refractivity (Wildman–Crippen MR) is 103 cm³/mol. The average Bonchev–Trinajstić information content (AvgIpc) is 3.06. The monoisotopic (exact) mass is 352 g/mol. The molecule has 6 nitrogen and oxygen atoms in total. The zero-order chi connectivity index (χ0) is 19.0. The molecule has 26 heavy (non-hydrogen) atoms. The summed E-state index contributed by atoms with van der Waals surface area (Å²) >= 11 is 0. The van der Waals surface area contributed by atoms with Gasteiger partial charge in [0.25, 0.3) is 0 Å². The number of rotatable bonds is 4. The van der Waals surface area contributed by atoms with Crippen LogP contribution in [-0.4, -0.2) is 34.8 Å². The highest BCUT2D eigenvalue weighted by Gasteiger charge is 2.19. The van der Waals surface area contributed by atoms with Gasteiger partial charge in [-0.2, -0.15) is 5.10 Å². The lowest BCUT2D eigenvalue weighted by atomic mass is 10.0. The standard InChI is InChI=1S/C20H24N4O2/c1-12(2)20(25)24(5)18-10-21-17-8-19(26-6)16(7-15(17)13(18)3)14-9-22-23(4)11-14/h7-12H,1-6H3. The van der Waals surface area contributed by atoms with Gasteiger partial charge >= 0.3 is 0 Å². The van der Waals surface area contributed by atoms with E-state index in [1.807, 2.05) is 46.3 Å². The number of pyridine rings is 1. The van der Waals surface area contributed by atoms with Crippen molar-refractivity contribution in [3.63, 3.8) is 0 Å². The maximum Gasteiger partial charge on any atom is 0.229 e. The Morgan fingerprint density at radius 1 is 1.27 bits per heavy atom. The first-order valence-corrected chi connectivity index (χ1v) is 8.57. The van der Waals surface area contributed by atoms with Crippen molar-refractivity contribution in [1.29, 1.82) is 0 Å². The molecular weight excluding hydrogens is 328 g/mol. The van der Waals surface area contributed by atoms with Crippen molar-refractivity contribution >= 4 is 22.5 Å². The van der Waals surface area contributed by atoms with Crippen LogP contribution in [-0.2, 0) is 11.8 Å². The van der Waals surface area contributed by atoms with Crippen molar-refractivity contribution in [2.24, 2.45) is 13.0 Å². The van der Waals surface area contributed by atoms with Crippen LogP contribution in [0, 0.1) is 12.8 Å². The summed E-state index contributed by atoms with van der Waals surface area (Å²) in [6.45, 7) is 5.81. The Labute approximate surface area is 153 Å². The zero-order valence-electron chi connectivity index (χ0n) is 16.1. The van der Waals surface area contributed by atoms with Gasteiger partial charge in [0.15, 0.2) is 0 Å². The number of aryl methyl sites for hydroxylation is 2. The number of fused-ring (bicyclic) bond motifs is 1. The Morgan fingerprint density at radius 3 is 2.58 bits per heavy atom. The fourth-order valence-electron chi connectivity index (χ4n) is 3.14. The first-order valence-electron chi connectivity index (χ1n) is 8.57. The van der Waals surface area contributed by atoms with Gasteiger partial charge in [-0.3, -0.25) is 14.5 Å². The molecule has 136 valence electrons. The van der Waals surface area contributed by atoms with Crippen LogP contribution in [0.15, 0.2) is 30.7 Å². The molecule has 0 fully saturated rings. The van der Waals surface area contributed by atoms with E-state index in [1.165, 1.54) is 0 Å². The fourth-order valence-corrected chi connectivity index (χ4v) is 3.14. The summed E-state index contributed by atoms with van der Waals surface area (Å²) in [5, 5.41) is 5.24. The first kappa shape index (κ1) is 17.9. The molecule has 6 heteroatoms. The molecule has 1 aromatic carbocycles. The number of carbonyl (C=O) groups is 1. The molecule has 0 aliphatic heterocycles. The lowest BCUT2D eigenvalue weighted by Crippen LogP contribution is -2.30. The van der Waals surface area contributed by atoms with E-state index in [2.05, 4.69) is 16.1 Å². The quantitative estimate of drug-likeness (QED) is 0.720. The third-order valence-electron chi connectivity index (χ3n) is 4.63. The molecule has 0 bridgehead atoms. The van der Waals surface area contributed by atoms with Crippen molar-refractivity contribution in [1.82, 2.24) is 14.8 Å². The Balaban J connectivity index is 2.20. The van der Waals surface area contributed by atoms with E-state index in [0.717, 1.165) is 39.0 Å². The second-order valence-corrected chi connectivity index (χ2v) is 6.79. The fraction of sp³-hybridized carbons (Fsp3) is 0.350. The molecule has 0 N–H and O–H groups in total. The lowest BCUT2D eigenvalue weighted by Gasteiger charge is -2.22. The van der Waals surface area contributed by atoms with Gasteiger partial charge in [-0.15, -0.1) is 0 Å². The number of aromatic nitrogens is 3. The molecule has 0 atom stereocenters. The molecule has 0 aliphatic carbocycles. The molecule has 0 unspecified atom stereocenters. The number of anilines is 1. The smallest absolute Gasteiger partial charge is 0.229 e. The Bertz CT molecular complexity index is 975. The Morgan fingerprint density at radius 2 is 2.00 bits per heavy atom. The molecular formula is C20H24N4O2. The summed E-state index contributed by atoms with van der Waals surface area (Å²) in [4.78, 5) is 18.6. The van der Waals surface area contributed by atoms with E-state index < -0.39 is 0 Å². The second-order valence-electron chi connectivity index (χ2n) is 6.79. The summed E-state index contributed by atoms with van der Waals surface area (Å²) < 4.78 is 7.32. The third kappa shape index (κ3) is 3.03. The first-order chi connectivity index (χ1) is 12.3. The molecule has 1 amide bonds. The van der Waals surface area contributed by atoms with Crippen LogP contribution in [0.25, 0.3) is 22.0 Å². The number of benzene rings is 1. The minimum absolute atomic E-state index is 0.0650. The highest BCUT2D eigenvalue weighted by molar-refractivity contribution is 5.99. The largest absolute Gasteiger partial charge is 0.496 e. The highest BCUT2D eigenvalue weighted by atomic mass is 16.5. The van der Waals surface area contributed by atoms with Crippen LogP contribution in [0.2, 0.25) is 0 Å². The van der Waals surface area contributed by atoms with E-state index in [4.69, 9.17) is 4.74 Å². The minimum Gasteiger partial charge on any atom is -0.496 e. The van der Waals surface area contributed by atoms with Crippen LogP contribution >= 0.6 is 0 Å². The number of ether oxygens (including phenoxy) is 1. The van der Waals surface area contributed by atoms with Crippen molar-refractivity contribution in [3.8, 4) is 16.9 Å². The second kappa shape index (κ2) is 6.78. The molecule has 3 rings (SSSR count). The van der Waals surface area contributed by atoms with Crippen LogP contribution in [0.4, 0.5) is 5.69 Å². The Kier molecular flexibility index (Phi) is 4.68. The minimum atomic E-state index is -0.0723. The summed E-state index contributed by atoms with van der Waals surface area (Å²) in [7, 11) is 5.33. The molecule has 3 aromatic rings. The van der Waals surface area contributed by atoms with Crippen molar-refractivity contribution in [3.05, 3.63) is 36.3 Å². The van der Waals surface area contributed by atoms with E-state index in [1.54, 1.807) is 29.9 Å². The van der Waals surface area contributed by atoms with Gasteiger partial charge in [0, 0.05) is 48.8 Å². The summed E-state index contributed by atoms with van der Waals surface area (Å²) in [6, 6.07) is 3.99. The number of carbonyl (C=O) groups excluding carboxylic acids is 1. The molecule has 0 aliphatic rings. The molecule has 0 radical (unpaired) electrons. The van der Waals surface area contributed by atoms with E-state index in [0.29, 0.717) is 0 Å². The average molecular weight is 352 g/mol. The lowest BCUT2D eigenvalue weighted by molar-refractivity contribution is -0.121. The topological polar surface area (TPSA) is 60.2 Å². The molecule has 0 saturated heterocycles. The van der Waals surface area contributed by atoms with Gasteiger partial charge < -0.3 is 9.64 Å². The maximum atomic E-state index is 12.4. The van der Waals surface area contributed by atoms with Gasteiger partial charge in [0.05, 0.1) is 30.7 Å². The maximum absolute atomic E-state index is 12.4. The van der Waals surface area contributed by atoms with Gasteiger partial charge in [-0.25, -0.2) is 0 Å². The van der Waals surface area contributed by atoms with Gasteiger partial charge in [-0.05, 0) is 18.6 Å². The van der Waals surface area contributed by atoms with Crippen LogP contribution < -0.4 is 9.64 Å². The number of hydrogen-bond acceptors (Lipinski definition) is 4. The summed E-state index contributed by atoms with van der Waals surface area (Å²) in [5.74, 6) is 0.740. The van der Waals surface area contributed by atoms with Crippen molar-refractivity contribution in [2.75, 3.05) is 19.1 Å². The van der Waals surface area contributed by atoms with Crippen LogP contribution in [0.3, 0.4) is 0 Å². The summed E-state index contributed by atoms with van der Waals surface area (Å²) in [6.07, 6.45) is 5.51. The van der Waals surface area contributed by atoms with Crippen LogP contribution in [0.1, 0.15) is 19.4 Å². The summed E-state index contributed by atoms with van der Waals surface area (Å²) in [5.41, 5.74) is 4.59. The van der Waals surface area contributed by atoms with Crippen molar-refractivity contribution in [2.45, 2.75) is 20.8 Å². The molecule has 2 heterocycles. The zero-order valence-corrected chi connectivity index (χ0v) is 16.1. The normalized spacial score (nSPS) is 11.2. The molecule has 0 spiro atoms. The van der Waals surface area contributed by atoms with E-state index in [9.17, 15) is 4.79 Å².